The summed E-state index contributed by atoms with van der Waals surface area (Å²) in [5, 5.41) is 0. The fraction of sp³-hybridized carbons (Fsp3) is 1.00. The first kappa shape index (κ1) is 18.5. The third-order valence-electron chi connectivity index (χ3n) is 4.35. The number of ether oxygens (including phenoxy) is 1. The van der Waals surface area contributed by atoms with Crippen molar-refractivity contribution in [3.05, 3.63) is 0 Å². The highest BCUT2D eigenvalue weighted by Gasteiger charge is 2.30. The molecule has 0 amide bonds. The number of nitrogens with zero attached hydrogens (tertiary/aromatic N) is 1. The molecule has 2 fully saturated rings. The molecule has 2 N–H and O–H groups in total. The molecule has 0 aromatic rings. The molecule has 2 aliphatic heterocycles. The van der Waals surface area contributed by atoms with Crippen LogP contribution in [0.25, 0.3) is 0 Å². The van der Waals surface area contributed by atoms with Gasteiger partial charge in [0.25, 0.3) is 0 Å². The Morgan fingerprint density at radius 2 is 1.72 bits per heavy atom. The van der Waals surface area contributed by atoms with Crippen molar-refractivity contribution in [3.63, 3.8) is 0 Å². The summed E-state index contributed by atoms with van der Waals surface area (Å²) >= 11 is 0. The van der Waals surface area contributed by atoms with Crippen LogP contribution in [0.15, 0.2) is 0 Å². The Kier molecular flexibility index (Phi) is 8.81. The zero-order valence-corrected chi connectivity index (χ0v) is 13.0. The zero-order valence-electron chi connectivity index (χ0n) is 11.4. The number of hydrogen-bond donors (Lipinski definition) is 1. The SMILES string of the molecule is CC1(CN2CCC(CN)CC2)CCOCC1.Cl.Cl. The van der Waals surface area contributed by atoms with Crippen molar-refractivity contribution in [3.8, 4) is 0 Å². The van der Waals surface area contributed by atoms with Crippen molar-refractivity contribution in [2.45, 2.75) is 32.6 Å². The second-order valence-corrected chi connectivity index (χ2v) is 5.88. The molecule has 110 valence electrons. The third kappa shape index (κ3) is 5.22. The molecule has 0 bridgehead atoms. The Bertz CT molecular complexity index is 215. The van der Waals surface area contributed by atoms with Gasteiger partial charge in [0.2, 0.25) is 0 Å². The second kappa shape index (κ2) is 8.60. The van der Waals surface area contributed by atoms with Crippen LogP contribution in [0, 0.1) is 11.3 Å². The van der Waals surface area contributed by atoms with Gasteiger partial charge >= 0.3 is 0 Å². The van der Waals surface area contributed by atoms with Gasteiger partial charge in [-0.25, -0.2) is 0 Å². The summed E-state index contributed by atoms with van der Waals surface area (Å²) in [5.41, 5.74) is 6.22. The van der Waals surface area contributed by atoms with Crippen molar-refractivity contribution in [1.82, 2.24) is 4.90 Å². The van der Waals surface area contributed by atoms with Crippen molar-refractivity contribution in [2.24, 2.45) is 17.1 Å². The third-order valence-corrected chi connectivity index (χ3v) is 4.35. The molecule has 0 spiro atoms. The molecule has 0 aromatic carbocycles. The summed E-state index contributed by atoms with van der Waals surface area (Å²) in [4.78, 5) is 2.64. The van der Waals surface area contributed by atoms with Gasteiger partial charge < -0.3 is 15.4 Å². The molecule has 2 heterocycles. The van der Waals surface area contributed by atoms with Crippen molar-refractivity contribution in [2.75, 3.05) is 39.4 Å². The van der Waals surface area contributed by atoms with Crippen LogP contribution in [0.2, 0.25) is 0 Å². The lowest BCUT2D eigenvalue weighted by Gasteiger charge is -2.40. The molecule has 0 aromatic heterocycles. The smallest absolute Gasteiger partial charge is 0.0471 e. The number of likely N-dealkylation sites (tertiary alicyclic amines) is 1. The first-order chi connectivity index (χ1) is 7.72. The Morgan fingerprint density at radius 3 is 2.22 bits per heavy atom. The normalized spacial score (nSPS) is 25.0. The van der Waals surface area contributed by atoms with E-state index >= 15 is 0 Å². The summed E-state index contributed by atoms with van der Waals surface area (Å²) < 4.78 is 5.45. The largest absolute Gasteiger partial charge is 0.381 e. The summed E-state index contributed by atoms with van der Waals surface area (Å²) in [5.74, 6) is 0.777. The van der Waals surface area contributed by atoms with Gasteiger partial charge in [0, 0.05) is 19.8 Å². The van der Waals surface area contributed by atoms with E-state index in [0.717, 1.165) is 25.7 Å². The standard InChI is InChI=1S/C13H26N2O.2ClH/c1-13(4-8-16-9-5-13)11-15-6-2-12(10-14)3-7-15;;/h12H,2-11,14H2,1H3;2*1H. The molecule has 5 heteroatoms. The first-order valence-electron chi connectivity index (χ1n) is 6.72. The van der Waals surface area contributed by atoms with Gasteiger partial charge in [-0.3, -0.25) is 0 Å². The molecule has 0 aliphatic carbocycles. The van der Waals surface area contributed by atoms with Gasteiger partial charge in [-0.1, -0.05) is 6.92 Å². The maximum atomic E-state index is 5.72. The summed E-state index contributed by atoms with van der Waals surface area (Å²) in [7, 11) is 0. The zero-order chi connectivity index (χ0) is 11.4. The molecule has 18 heavy (non-hydrogen) atoms. The van der Waals surface area contributed by atoms with Gasteiger partial charge in [0.05, 0.1) is 0 Å². The molecular weight excluding hydrogens is 271 g/mol. The van der Waals surface area contributed by atoms with E-state index in [0.29, 0.717) is 5.41 Å². The van der Waals surface area contributed by atoms with Crippen LogP contribution in [-0.2, 0) is 4.74 Å². The van der Waals surface area contributed by atoms with E-state index in [1.807, 2.05) is 0 Å². The Balaban J connectivity index is 0.00000144. The van der Waals surface area contributed by atoms with E-state index in [1.54, 1.807) is 0 Å². The molecular formula is C13H28Cl2N2O. The fourth-order valence-corrected chi connectivity index (χ4v) is 2.94. The minimum atomic E-state index is 0. The van der Waals surface area contributed by atoms with Crippen LogP contribution in [0.5, 0.6) is 0 Å². The Hall–Kier alpha value is 0.460. The van der Waals surface area contributed by atoms with E-state index in [4.69, 9.17) is 10.5 Å². The highest BCUT2D eigenvalue weighted by atomic mass is 35.5. The van der Waals surface area contributed by atoms with E-state index in [2.05, 4.69) is 11.8 Å². The predicted molar refractivity (Wildman–Crippen MR) is 80.9 cm³/mol. The quantitative estimate of drug-likeness (QED) is 0.869. The van der Waals surface area contributed by atoms with Gasteiger partial charge in [0.1, 0.15) is 0 Å². The van der Waals surface area contributed by atoms with Gasteiger partial charge in [0.15, 0.2) is 0 Å². The molecule has 0 radical (unpaired) electrons. The minimum absolute atomic E-state index is 0. The van der Waals surface area contributed by atoms with E-state index in [-0.39, 0.29) is 24.8 Å². The molecule has 2 aliphatic rings. The maximum Gasteiger partial charge on any atom is 0.0471 e. The number of piperidine rings is 1. The van der Waals surface area contributed by atoms with Crippen molar-refractivity contribution < 1.29 is 4.74 Å². The summed E-state index contributed by atoms with van der Waals surface area (Å²) in [6, 6.07) is 0. The van der Waals surface area contributed by atoms with Crippen LogP contribution in [0.1, 0.15) is 32.6 Å². The average Bonchev–Trinajstić information content (AvgIpc) is 2.30. The van der Waals surface area contributed by atoms with Crippen LogP contribution in [0.3, 0.4) is 0 Å². The fourth-order valence-electron chi connectivity index (χ4n) is 2.94. The lowest BCUT2D eigenvalue weighted by Crippen LogP contribution is -2.44. The van der Waals surface area contributed by atoms with Gasteiger partial charge in [-0.2, -0.15) is 0 Å². The molecule has 0 unspecified atom stereocenters. The molecule has 2 saturated heterocycles. The van der Waals surface area contributed by atoms with Crippen LogP contribution >= 0.6 is 24.8 Å². The highest BCUT2D eigenvalue weighted by molar-refractivity contribution is 5.85. The summed E-state index contributed by atoms with van der Waals surface area (Å²) in [6.45, 7) is 8.96. The molecule has 0 saturated carbocycles. The van der Waals surface area contributed by atoms with Gasteiger partial charge in [-0.05, 0) is 56.7 Å². The lowest BCUT2D eigenvalue weighted by molar-refractivity contribution is -0.000170. The Labute approximate surface area is 124 Å². The Morgan fingerprint density at radius 1 is 1.17 bits per heavy atom. The topological polar surface area (TPSA) is 38.5 Å². The second-order valence-electron chi connectivity index (χ2n) is 5.88. The van der Waals surface area contributed by atoms with Crippen LogP contribution in [-0.4, -0.2) is 44.3 Å². The van der Waals surface area contributed by atoms with E-state index in [9.17, 15) is 0 Å². The molecule has 2 rings (SSSR count). The molecule has 3 nitrogen and oxygen atoms in total. The number of hydrogen-bond acceptors (Lipinski definition) is 3. The number of nitrogens with two attached hydrogens (primary N) is 1. The van der Waals surface area contributed by atoms with Crippen LogP contribution < -0.4 is 5.73 Å². The van der Waals surface area contributed by atoms with Crippen molar-refractivity contribution in [1.29, 1.82) is 0 Å². The monoisotopic (exact) mass is 298 g/mol. The minimum Gasteiger partial charge on any atom is -0.381 e. The predicted octanol–water partition coefficient (Wildman–Crippen LogP) is 2.32. The van der Waals surface area contributed by atoms with Crippen LogP contribution in [0.4, 0.5) is 0 Å². The number of halogens is 2. The average molecular weight is 299 g/mol. The van der Waals surface area contributed by atoms with Crippen molar-refractivity contribution >= 4 is 24.8 Å². The van der Waals surface area contributed by atoms with E-state index in [1.165, 1.54) is 45.3 Å². The summed E-state index contributed by atoms with van der Waals surface area (Å²) in [6.07, 6.45) is 5.04. The molecule has 0 atom stereocenters. The number of rotatable bonds is 3. The lowest BCUT2D eigenvalue weighted by atomic mass is 9.81. The maximum absolute atomic E-state index is 5.72. The van der Waals surface area contributed by atoms with Gasteiger partial charge in [-0.15, -0.1) is 24.8 Å². The first-order valence-corrected chi connectivity index (χ1v) is 6.72. The highest BCUT2D eigenvalue weighted by Crippen LogP contribution is 2.31. The van der Waals surface area contributed by atoms with E-state index < -0.39 is 0 Å².